The van der Waals surface area contributed by atoms with E-state index < -0.39 is 21.7 Å². The van der Waals surface area contributed by atoms with Gasteiger partial charge in [0.15, 0.2) is 4.84 Å². The van der Waals surface area contributed by atoms with Crippen LogP contribution < -0.4 is 20.3 Å². The van der Waals surface area contributed by atoms with E-state index in [9.17, 15) is 19.7 Å². The highest BCUT2D eigenvalue weighted by atomic mass is 35.5. The predicted octanol–water partition coefficient (Wildman–Crippen LogP) is 5.35. The molecule has 3 aromatic carbocycles. The van der Waals surface area contributed by atoms with Crippen molar-refractivity contribution in [2.24, 2.45) is 0 Å². The van der Waals surface area contributed by atoms with Crippen molar-refractivity contribution in [3.8, 4) is 11.5 Å². The molecule has 0 spiro atoms. The molecule has 3 amide bonds. The molecule has 0 radical (unpaired) electrons. The van der Waals surface area contributed by atoms with Crippen LogP contribution in [-0.2, 0) is 4.79 Å². The fourth-order valence-corrected chi connectivity index (χ4v) is 3.05. The van der Waals surface area contributed by atoms with Crippen LogP contribution in [0.4, 0.5) is 21.9 Å². The average Bonchev–Trinajstić information content (AvgIpc) is 2.83. The largest absolute Gasteiger partial charge is 0.457 e. The number of non-ortho nitro benzene ring substituents is 1. The van der Waals surface area contributed by atoms with Crippen molar-refractivity contribution in [3.05, 3.63) is 89.0 Å². The van der Waals surface area contributed by atoms with Crippen LogP contribution >= 0.6 is 23.2 Å². The topological polar surface area (TPSA) is 114 Å². The number of rotatable bonds is 9. The van der Waals surface area contributed by atoms with Crippen LogP contribution in [0.3, 0.4) is 0 Å². The minimum Gasteiger partial charge on any atom is -0.457 e. The van der Waals surface area contributed by atoms with Gasteiger partial charge in [-0.25, -0.2) is 4.79 Å². The lowest BCUT2D eigenvalue weighted by atomic mass is 10.2. The number of carbonyl (C=O) groups excluding carboxylic acids is 2. The number of ether oxygens (including phenoxy) is 1. The average molecular weight is 503 g/mol. The molecule has 0 heterocycles. The van der Waals surface area contributed by atoms with Crippen LogP contribution in [0.25, 0.3) is 0 Å². The molecule has 0 atom stereocenters. The lowest BCUT2D eigenvalue weighted by Crippen LogP contribution is -2.42. The van der Waals surface area contributed by atoms with Gasteiger partial charge in [0.2, 0.25) is 0 Å². The Labute approximate surface area is 205 Å². The molecule has 9 nitrogen and oxygen atoms in total. The number of para-hydroxylation sites is 1. The number of benzene rings is 3. The third-order valence-corrected chi connectivity index (χ3v) is 4.93. The third kappa shape index (κ3) is 7.09. The molecule has 0 saturated carbocycles. The fraction of sp³-hybridized carbons (Fsp3) is 0.130. The Balaban J connectivity index is 1.74. The number of nitrogens with zero attached hydrogens (tertiary/aromatic N) is 2. The molecule has 0 saturated heterocycles. The minimum absolute atomic E-state index is 0.0880. The number of nitrogens with one attached hydrogen (secondary N) is 2. The van der Waals surface area contributed by atoms with Gasteiger partial charge >= 0.3 is 6.03 Å². The minimum atomic E-state index is -1.23. The molecular weight excluding hydrogens is 483 g/mol. The maximum absolute atomic E-state index is 13.0. The summed E-state index contributed by atoms with van der Waals surface area (Å²) in [4.78, 5) is 35.1. The van der Waals surface area contributed by atoms with Crippen LogP contribution in [0.5, 0.6) is 11.5 Å². The number of nitro benzene ring substituents is 1. The van der Waals surface area contributed by atoms with Gasteiger partial charge < -0.3 is 15.4 Å². The highest BCUT2D eigenvalue weighted by molar-refractivity contribution is 6.53. The van der Waals surface area contributed by atoms with Crippen molar-refractivity contribution in [1.82, 2.24) is 5.32 Å². The highest BCUT2D eigenvalue weighted by Crippen LogP contribution is 2.25. The van der Waals surface area contributed by atoms with Gasteiger partial charge in [-0.1, -0.05) is 41.4 Å². The number of urea groups is 1. The van der Waals surface area contributed by atoms with Crippen molar-refractivity contribution in [3.63, 3.8) is 0 Å². The van der Waals surface area contributed by atoms with E-state index in [4.69, 9.17) is 27.9 Å². The van der Waals surface area contributed by atoms with Crippen molar-refractivity contribution in [2.45, 2.75) is 4.84 Å². The molecule has 0 unspecified atom stereocenters. The van der Waals surface area contributed by atoms with E-state index in [2.05, 4.69) is 10.6 Å². The summed E-state index contributed by atoms with van der Waals surface area (Å²) < 4.78 is 5.78. The lowest BCUT2D eigenvalue weighted by Gasteiger charge is -2.24. The molecule has 34 heavy (non-hydrogen) atoms. The molecule has 11 heteroatoms. The third-order valence-electron chi connectivity index (χ3n) is 4.53. The van der Waals surface area contributed by atoms with Gasteiger partial charge in [0.1, 0.15) is 11.5 Å². The number of nitro groups is 1. The zero-order chi connectivity index (χ0) is 24.5. The molecule has 3 aromatic rings. The van der Waals surface area contributed by atoms with E-state index in [1.165, 1.54) is 29.2 Å². The number of carbonyl (C=O) groups is 2. The van der Waals surface area contributed by atoms with Crippen LogP contribution in [0.2, 0.25) is 0 Å². The Bertz CT molecular complexity index is 1130. The van der Waals surface area contributed by atoms with Crippen molar-refractivity contribution in [1.29, 1.82) is 0 Å². The molecule has 3 rings (SSSR count). The lowest BCUT2D eigenvalue weighted by molar-refractivity contribution is -0.384. The van der Waals surface area contributed by atoms with Gasteiger partial charge in [-0.2, -0.15) is 0 Å². The number of halogens is 2. The summed E-state index contributed by atoms with van der Waals surface area (Å²) in [5.41, 5.74) is 0.806. The van der Waals surface area contributed by atoms with Gasteiger partial charge in [0.05, 0.1) is 4.92 Å². The molecule has 0 aliphatic heterocycles. The second-order valence-electron chi connectivity index (χ2n) is 6.89. The van der Waals surface area contributed by atoms with Gasteiger partial charge in [-0.15, -0.1) is 0 Å². The van der Waals surface area contributed by atoms with Crippen molar-refractivity contribution in [2.75, 3.05) is 23.3 Å². The maximum Gasteiger partial charge on any atom is 0.326 e. The summed E-state index contributed by atoms with van der Waals surface area (Å²) in [6, 6.07) is 21.0. The zero-order valence-corrected chi connectivity index (χ0v) is 19.2. The molecule has 0 aliphatic carbocycles. The molecule has 176 valence electrons. The zero-order valence-electron chi connectivity index (χ0n) is 17.7. The van der Waals surface area contributed by atoms with Crippen LogP contribution in [0.1, 0.15) is 0 Å². The number of amides is 3. The molecule has 0 fully saturated rings. The number of alkyl halides is 2. The normalized spacial score (nSPS) is 10.4. The number of anilines is 2. The van der Waals surface area contributed by atoms with Crippen molar-refractivity contribution < 1.29 is 19.2 Å². The van der Waals surface area contributed by atoms with E-state index in [-0.39, 0.29) is 18.8 Å². The fourth-order valence-electron chi connectivity index (χ4n) is 2.89. The first-order valence-electron chi connectivity index (χ1n) is 10.1. The summed E-state index contributed by atoms with van der Waals surface area (Å²) in [6.07, 6.45) is 0. The second-order valence-corrected chi connectivity index (χ2v) is 7.98. The first-order chi connectivity index (χ1) is 16.3. The SMILES string of the molecule is O=C(NCCN(C(=O)Nc1ccc([N+](=O)[O-])cc1)c1ccc(Oc2ccccc2)cc1)C(Cl)Cl. The Kier molecular flexibility index (Phi) is 8.66. The Hall–Kier alpha value is -3.82. The quantitative estimate of drug-likeness (QED) is 0.232. The first-order valence-corrected chi connectivity index (χ1v) is 10.9. The van der Waals surface area contributed by atoms with E-state index in [1.807, 2.05) is 30.3 Å². The summed E-state index contributed by atoms with van der Waals surface area (Å²) in [7, 11) is 0. The Morgan fingerprint density at radius 2 is 1.56 bits per heavy atom. The van der Waals surface area contributed by atoms with Crippen molar-refractivity contribution >= 4 is 52.2 Å². The Morgan fingerprint density at radius 1 is 0.941 bits per heavy atom. The molecule has 0 aromatic heterocycles. The van der Waals surface area contributed by atoms with Gasteiger partial charge in [-0.05, 0) is 48.5 Å². The van der Waals surface area contributed by atoms with E-state index in [0.717, 1.165) is 0 Å². The van der Waals surface area contributed by atoms with Gasteiger partial charge in [-0.3, -0.25) is 19.8 Å². The predicted molar refractivity (Wildman–Crippen MR) is 131 cm³/mol. The highest BCUT2D eigenvalue weighted by Gasteiger charge is 2.18. The first kappa shape index (κ1) is 24.8. The molecule has 0 aliphatic rings. The van der Waals surface area contributed by atoms with Gasteiger partial charge in [0, 0.05) is 36.6 Å². The maximum atomic E-state index is 13.0. The molecule has 0 bridgehead atoms. The monoisotopic (exact) mass is 502 g/mol. The van der Waals surface area contributed by atoms with E-state index in [0.29, 0.717) is 22.9 Å². The smallest absolute Gasteiger partial charge is 0.326 e. The second kappa shape index (κ2) is 11.9. The Morgan fingerprint density at radius 3 is 2.15 bits per heavy atom. The van der Waals surface area contributed by atoms with E-state index >= 15 is 0 Å². The summed E-state index contributed by atoms with van der Waals surface area (Å²) in [5.74, 6) is 0.666. The van der Waals surface area contributed by atoms with Crippen LogP contribution in [0, 0.1) is 10.1 Å². The number of hydrogen-bond donors (Lipinski definition) is 2. The van der Waals surface area contributed by atoms with E-state index in [1.54, 1.807) is 24.3 Å². The molecular formula is C23H20Cl2N4O5. The van der Waals surface area contributed by atoms with Gasteiger partial charge in [0.25, 0.3) is 11.6 Å². The standard InChI is InChI=1S/C23H20Cl2N4O5/c24-21(25)22(30)26-14-15-28(23(31)27-16-6-8-18(9-7-16)29(32)33)17-10-12-20(13-11-17)34-19-4-2-1-3-5-19/h1-13,21H,14-15H2,(H,26,30)(H,27,31). The molecule has 2 N–H and O–H groups in total. The number of hydrogen-bond acceptors (Lipinski definition) is 5. The summed E-state index contributed by atoms with van der Waals surface area (Å²) in [6.45, 7) is 0.189. The summed E-state index contributed by atoms with van der Waals surface area (Å²) >= 11 is 11.1. The van der Waals surface area contributed by atoms with Crippen LogP contribution in [-0.4, -0.2) is 34.8 Å². The summed E-state index contributed by atoms with van der Waals surface area (Å²) in [5, 5.41) is 16.1. The van der Waals surface area contributed by atoms with Crippen LogP contribution in [0.15, 0.2) is 78.9 Å².